The molecule has 0 saturated heterocycles. The Morgan fingerprint density at radius 3 is 2.12 bits per heavy atom. The zero-order chi connectivity index (χ0) is 11.8. The molecule has 0 aliphatic carbocycles. The lowest BCUT2D eigenvalue weighted by Crippen LogP contribution is -2.02. The first-order valence-corrected chi connectivity index (χ1v) is 6.12. The highest BCUT2D eigenvalue weighted by Crippen LogP contribution is 2.30. The minimum Gasteiger partial charge on any atom is -0.118 e. The van der Waals surface area contributed by atoms with Crippen molar-refractivity contribution in [2.45, 2.75) is 24.6 Å². The van der Waals surface area contributed by atoms with Gasteiger partial charge in [-0.15, -0.1) is 24.8 Å². The average molecular weight is 235 g/mol. The van der Waals surface area contributed by atoms with Crippen molar-refractivity contribution in [3.05, 3.63) is 61.2 Å². The highest BCUT2D eigenvalue weighted by Gasteiger charge is 2.13. The summed E-state index contributed by atoms with van der Waals surface area (Å²) >= 11 is 6.40. The van der Waals surface area contributed by atoms with Gasteiger partial charge in [0.1, 0.15) is 0 Å². The van der Waals surface area contributed by atoms with Crippen molar-refractivity contribution in [3.8, 4) is 0 Å². The van der Waals surface area contributed by atoms with Crippen LogP contribution in [0, 0.1) is 5.92 Å². The number of hydrogen-bond acceptors (Lipinski definition) is 0. The van der Waals surface area contributed by atoms with Gasteiger partial charge in [0.2, 0.25) is 0 Å². The average Bonchev–Trinajstić information content (AvgIpc) is 2.31. The van der Waals surface area contributed by atoms with Crippen molar-refractivity contribution in [2.75, 3.05) is 0 Å². The first-order chi connectivity index (χ1) is 7.77. The molecule has 0 heterocycles. The molecule has 1 atom stereocenters. The van der Waals surface area contributed by atoms with E-state index in [0.29, 0.717) is 5.92 Å². The fraction of sp³-hybridized carbons (Fsp3) is 0.333. The lowest BCUT2D eigenvalue weighted by atomic mass is 9.93. The Hall–Kier alpha value is -1.01. The van der Waals surface area contributed by atoms with Crippen LogP contribution in [0.3, 0.4) is 0 Å². The monoisotopic (exact) mass is 234 g/mol. The molecule has 0 bridgehead atoms. The second-order valence-corrected chi connectivity index (χ2v) is 4.56. The molecule has 86 valence electrons. The molecule has 1 unspecified atom stereocenters. The molecule has 0 spiro atoms. The Morgan fingerprint density at radius 2 is 1.62 bits per heavy atom. The maximum atomic E-state index is 6.40. The summed E-state index contributed by atoms with van der Waals surface area (Å²) < 4.78 is 0. The molecule has 0 radical (unpaired) electrons. The van der Waals surface area contributed by atoms with E-state index < -0.39 is 0 Å². The van der Waals surface area contributed by atoms with E-state index in [1.54, 1.807) is 0 Å². The zero-order valence-corrected chi connectivity index (χ0v) is 10.4. The van der Waals surface area contributed by atoms with Crippen LogP contribution < -0.4 is 0 Å². The van der Waals surface area contributed by atoms with E-state index in [9.17, 15) is 0 Å². The van der Waals surface area contributed by atoms with Crippen LogP contribution >= 0.6 is 11.6 Å². The van der Waals surface area contributed by atoms with Gasteiger partial charge in [0.15, 0.2) is 0 Å². The van der Waals surface area contributed by atoms with Crippen molar-refractivity contribution in [2.24, 2.45) is 5.92 Å². The van der Waals surface area contributed by atoms with Crippen molar-refractivity contribution in [3.63, 3.8) is 0 Å². The number of alkyl halides is 1. The lowest BCUT2D eigenvalue weighted by molar-refractivity contribution is 0.491. The van der Waals surface area contributed by atoms with E-state index in [4.69, 9.17) is 11.6 Å². The van der Waals surface area contributed by atoms with E-state index >= 15 is 0 Å². The quantitative estimate of drug-likeness (QED) is 0.454. The highest BCUT2D eigenvalue weighted by atomic mass is 35.5. The van der Waals surface area contributed by atoms with Crippen LogP contribution in [0.1, 0.15) is 30.2 Å². The Labute approximate surface area is 104 Å². The van der Waals surface area contributed by atoms with E-state index in [0.717, 1.165) is 19.3 Å². The highest BCUT2D eigenvalue weighted by molar-refractivity contribution is 6.20. The van der Waals surface area contributed by atoms with Crippen LogP contribution in [0.4, 0.5) is 0 Å². The molecule has 1 aromatic carbocycles. The number of allylic oxidation sites excluding steroid dienone is 2. The Bertz CT molecular complexity index is 305. The first-order valence-electron chi connectivity index (χ1n) is 5.68. The van der Waals surface area contributed by atoms with Gasteiger partial charge >= 0.3 is 0 Å². The van der Waals surface area contributed by atoms with Gasteiger partial charge in [-0.25, -0.2) is 0 Å². The number of halogens is 1. The molecule has 1 rings (SSSR count). The van der Waals surface area contributed by atoms with Crippen LogP contribution in [0.25, 0.3) is 0 Å². The van der Waals surface area contributed by atoms with Crippen LogP contribution in [-0.2, 0) is 0 Å². The molecule has 0 aliphatic heterocycles. The number of hydrogen-bond donors (Lipinski definition) is 0. The fourth-order valence-corrected chi connectivity index (χ4v) is 2.25. The van der Waals surface area contributed by atoms with Gasteiger partial charge in [0.05, 0.1) is 5.38 Å². The molecule has 0 N–H and O–H groups in total. The van der Waals surface area contributed by atoms with Crippen molar-refractivity contribution < 1.29 is 0 Å². The largest absolute Gasteiger partial charge is 0.118 e. The predicted molar refractivity (Wildman–Crippen MR) is 72.8 cm³/mol. The Morgan fingerprint density at radius 1 is 1.06 bits per heavy atom. The third-order valence-corrected chi connectivity index (χ3v) is 3.13. The maximum absolute atomic E-state index is 6.40. The third-order valence-electron chi connectivity index (χ3n) is 2.70. The van der Waals surface area contributed by atoms with Crippen LogP contribution in [0.15, 0.2) is 55.6 Å². The second-order valence-electron chi connectivity index (χ2n) is 4.03. The lowest BCUT2D eigenvalue weighted by Gasteiger charge is -2.17. The van der Waals surface area contributed by atoms with Gasteiger partial charge in [-0.3, -0.25) is 0 Å². The summed E-state index contributed by atoms with van der Waals surface area (Å²) in [6, 6.07) is 10.2. The summed E-state index contributed by atoms with van der Waals surface area (Å²) in [5.41, 5.74) is 1.20. The van der Waals surface area contributed by atoms with Crippen LogP contribution in [-0.4, -0.2) is 0 Å². The molecule has 16 heavy (non-hydrogen) atoms. The Kier molecular flexibility index (Phi) is 5.95. The number of benzene rings is 1. The van der Waals surface area contributed by atoms with E-state index in [1.165, 1.54) is 5.56 Å². The van der Waals surface area contributed by atoms with Gasteiger partial charge in [-0.1, -0.05) is 42.5 Å². The standard InChI is InChI=1S/C15H19Cl/c1-3-8-13(9-4-2)12-15(16)14-10-6-5-7-11-14/h3-7,10-11,13,15H,1-2,8-9,12H2. The zero-order valence-electron chi connectivity index (χ0n) is 9.61. The summed E-state index contributed by atoms with van der Waals surface area (Å²) in [6.07, 6.45) is 6.90. The first kappa shape index (κ1) is 13.1. The third kappa shape index (κ3) is 4.24. The van der Waals surface area contributed by atoms with Gasteiger partial charge in [-0.05, 0) is 30.7 Å². The molecule has 0 amide bonds. The normalized spacial score (nSPS) is 12.4. The summed E-state index contributed by atoms with van der Waals surface area (Å²) in [4.78, 5) is 0. The number of rotatable bonds is 7. The maximum Gasteiger partial charge on any atom is 0.0588 e. The van der Waals surface area contributed by atoms with Crippen molar-refractivity contribution in [1.82, 2.24) is 0 Å². The van der Waals surface area contributed by atoms with Gasteiger partial charge in [0, 0.05) is 0 Å². The molecule has 0 nitrogen and oxygen atoms in total. The minimum absolute atomic E-state index is 0.0890. The molecular formula is C15H19Cl. The second kappa shape index (κ2) is 7.29. The molecular weight excluding hydrogens is 216 g/mol. The fourth-order valence-electron chi connectivity index (χ4n) is 1.85. The summed E-state index contributed by atoms with van der Waals surface area (Å²) in [5, 5.41) is 0.0890. The van der Waals surface area contributed by atoms with Crippen LogP contribution in [0.5, 0.6) is 0 Å². The molecule has 0 aliphatic rings. The van der Waals surface area contributed by atoms with E-state index in [-0.39, 0.29) is 5.38 Å². The van der Waals surface area contributed by atoms with E-state index in [1.807, 2.05) is 30.4 Å². The molecule has 1 aromatic rings. The molecule has 0 saturated carbocycles. The van der Waals surface area contributed by atoms with Gasteiger partial charge < -0.3 is 0 Å². The summed E-state index contributed by atoms with van der Waals surface area (Å²) in [6.45, 7) is 7.57. The van der Waals surface area contributed by atoms with E-state index in [2.05, 4.69) is 25.3 Å². The summed E-state index contributed by atoms with van der Waals surface area (Å²) in [5.74, 6) is 0.553. The van der Waals surface area contributed by atoms with Crippen LogP contribution in [0.2, 0.25) is 0 Å². The summed E-state index contributed by atoms with van der Waals surface area (Å²) in [7, 11) is 0. The topological polar surface area (TPSA) is 0 Å². The molecule has 0 fully saturated rings. The predicted octanol–water partition coefficient (Wildman–Crippen LogP) is 5.13. The molecule has 0 aromatic heterocycles. The van der Waals surface area contributed by atoms with Gasteiger partial charge in [0.25, 0.3) is 0 Å². The van der Waals surface area contributed by atoms with Gasteiger partial charge in [-0.2, -0.15) is 0 Å². The molecule has 1 heteroatoms. The van der Waals surface area contributed by atoms with Crippen molar-refractivity contribution in [1.29, 1.82) is 0 Å². The SMILES string of the molecule is C=CCC(CC=C)CC(Cl)c1ccccc1. The van der Waals surface area contributed by atoms with Crippen molar-refractivity contribution >= 4 is 11.6 Å². The minimum atomic E-state index is 0.0890. The smallest absolute Gasteiger partial charge is 0.0588 e. The Balaban J connectivity index is 2.57.